The van der Waals surface area contributed by atoms with Crippen molar-refractivity contribution in [3.05, 3.63) is 34.3 Å². The van der Waals surface area contributed by atoms with Crippen molar-refractivity contribution < 1.29 is 9.59 Å². The molecule has 1 aliphatic rings. The summed E-state index contributed by atoms with van der Waals surface area (Å²) in [5.41, 5.74) is 7.03. The lowest BCUT2D eigenvalue weighted by Gasteiger charge is -2.07. The molecule has 0 fully saturated rings. The summed E-state index contributed by atoms with van der Waals surface area (Å²) in [5, 5.41) is 7.85. The van der Waals surface area contributed by atoms with Crippen molar-refractivity contribution >= 4 is 39.2 Å². The Hall–Kier alpha value is -2.02. The number of nitrogens with zero attached hydrogens (tertiary/aromatic N) is 2. The highest BCUT2D eigenvalue weighted by Gasteiger charge is 2.29. The van der Waals surface area contributed by atoms with Crippen molar-refractivity contribution in [2.75, 3.05) is 0 Å². The van der Waals surface area contributed by atoms with Crippen molar-refractivity contribution in [1.82, 2.24) is 10.9 Å². The molecule has 1 heterocycles. The molecule has 7 heteroatoms. The fraction of sp³-hybridized carbons (Fsp3) is 0.286. The van der Waals surface area contributed by atoms with E-state index >= 15 is 0 Å². The summed E-state index contributed by atoms with van der Waals surface area (Å²) in [6, 6.07) is 7.60. The summed E-state index contributed by atoms with van der Waals surface area (Å²) >= 11 is 3.36. The van der Waals surface area contributed by atoms with Gasteiger partial charge in [-0.1, -0.05) is 28.1 Å². The Morgan fingerprint density at radius 3 is 2.67 bits per heavy atom. The summed E-state index contributed by atoms with van der Waals surface area (Å²) in [5.74, 6) is -1.08. The molecule has 1 unspecified atom stereocenters. The van der Waals surface area contributed by atoms with E-state index in [-0.39, 0.29) is 18.2 Å². The molecular weight excluding hydrogens is 336 g/mol. The SMILES string of the molecule is CC1=NNC(=O)C1CC(=O)N/N=C(/C)c1ccc(Br)cc1. The largest absolute Gasteiger partial charge is 0.273 e. The molecular formula is C14H15BrN4O2. The molecule has 1 atom stereocenters. The van der Waals surface area contributed by atoms with Gasteiger partial charge in [0, 0.05) is 16.6 Å². The zero-order valence-electron chi connectivity index (χ0n) is 11.7. The third-order valence-electron chi connectivity index (χ3n) is 3.16. The molecule has 0 bridgehead atoms. The third kappa shape index (κ3) is 3.98. The third-order valence-corrected chi connectivity index (χ3v) is 3.69. The van der Waals surface area contributed by atoms with Gasteiger partial charge in [0.15, 0.2) is 0 Å². The minimum absolute atomic E-state index is 0.0400. The van der Waals surface area contributed by atoms with Gasteiger partial charge in [0.1, 0.15) is 0 Å². The average Bonchev–Trinajstić information content (AvgIpc) is 2.77. The first kappa shape index (κ1) is 15.4. The molecule has 0 spiro atoms. The van der Waals surface area contributed by atoms with E-state index in [2.05, 4.69) is 37.0 Å². The number of hydrogen-bond acceptors (Lipinski definition) is 4. The predicted octanol–water partition coefficient (Wildman–Crippen LogP) is 1.80. The Bertz CT molecular complexity index is 622. The van der Waals surface area contributed by atoms with Crippen molar-refractivity contribution in [2.24, 2.45) is 16.1 Å². The zero-order chi connectivity index (χ0) is 15.4. The molecule has 0 aliphatic carbocycles. The van der Waals surface area contributed by atoms with E-state index in [4.69, 9.17) is 0 Å². The van der Waals surface area contributed by atoms with E-state index < -0.39 is 5.92 Å². The van der Waals surface area contributed by atoms with Crippen LogP contribution in [0, 0.1) is 5.92 Å². The molecule has 1 aliphatic heterocycles. The number of hydrazone groups is 2. The maximum atomic E-state index is 11.8. The van der Waals surface area contributed by atoms with Gasteiger partial charge in [-0.15, -0.1) is 0 Å². The molecule has 0 saturated heterocycles. The van der Waals surface area contributed by atoms with E-state index in [9.17, 15) is 9.59 Å². The van der Waals surface area contributed by atoms with Crippen molar-refractivity contribution in [3.8, 4) is 0 Å². The standard InChI is InChI=1S/C14H15BrN4O2/c1-8(10-3-5-11(15)6-4-10)16-18-13(20)7-12-9(2)17-19-14(12)21/h3-6,12H,7H2,1-2H3,(H,18,20)(H,19,21)/b16-8-. The molecule has 1 aromatic carbocycles. The van der Waals surface area contributed by atoms with Crippen LogP contribution in [0.5, 0.6) is 0 Å². The van der Waals surface area contributed by atoms with Gasteiger partial charge in [-0.2, -0.15) is 10.2 Å². The summed E-state index contributed by atoms with van der Waals surface area (Å²) in [6.07, 6.45) is 0.0400. The Balaban J connectivity index is 1.94. The number of carbonyl (C=O) groups is 2. The number of halogens is 1. The summed E-state index contributed by atoms with van der Waals surface area (Å²) in [4.78, 5) is 23.3. The van der Waals surface area contributed by atoms with Gasteiger partial charge in [0.25, 0.3) is 0 Å². The average molecular weight is 351 g/mol. The Morgan fingerprint density at radius 2 is 2.10 bits per heavy atom. The minimum Gasteiger partial charge on any atom is -0.273 e. The lowest BCUT2D eigenvalue weighted by Crippen LogP contribution is -2.29. The molecule has 110 valence electrons. The highest BCUT2D eigenvalue weighted by molar-refractivity contribution is 9.10. The van der Waals surface area contributed by atoms with E-state index in [0.29, 0.717) is 11.4 Å². The molecule has 2 rings (SSSR count). The second-order valence-corrected chi connectivity index (χ2v) is 5.64. The van der Waals surface area contributed by atoms with Crippen LogP contribution < -0.4 is 10.9 Å². The number of amides is 2. The maximum Gasteiger partial charge on any atom is 0.249 e. The number of benzene rings is 1. The highest BCUT2D eigenvalue weighted by atomic mass is 79.9. The van der Waals surface area contributed by atoms with E-state index in [1.54, 1.807) is 13.8 Å². The van der Waals surface area contributed by atoms with Crippen LogP contribution in [0.3, 0.4) is 0 Å². The fourth-order valence-corrected chi connectivity index (χ4v) is 2.13. The molecule has 0 radical (unpaired) electrons. The quantitative estimate of drug-likeness (QED) is 0.641. The van der Waals surface area contributed by atoms with Gasteiger partial charge in [-0.05, 0) is 31.5 Å². The summed E-state index contributed by atoms with van der Waals surface area (Å²) in [6.45, 7) is 3.52. The van der Waals surface area contributed by atoms with Crippen LogP contribution in [0.25, 0.3) is 0 Å². The first-order chi connectivity index (χ1) is 9.97. The van der Waals surface area contributed by atoms with Crippen LogP contribution >= 0.6 is 15.9 Å². The van der Waals surface area contributed by atoms with Gasteiger partial charge in [0.05, 0.1) is 11.6 Å². The van der Waals surface area contributed by atoms with Crippen molar-refractivity contribution in [3.63, 3.8) is 0 Å². The Labute approximate surface area is 130 Å². The maximum absolute atomic E-state index is 11.8. The van der Waals surface area contributed by atoms with Gasteiger partial charge in [-0.25, -0.2) is 10.9 Å². The molecule has 0 saturated carbocycles. The minimum atomic E-state index is -0.506. The van der Waals surface area contributed by atoms with E-state index in [1.807, 2.05) is 24.3 Å². The highest BCUT2D eigenvalue weighted by Crippen LogP contribution is 2.12. The van der Waals surface area contributed by atoms with Crippen LogP contribution in [0.15, 0.2) is 38.9 Å². The van der Waals surface area contributed by atoms with Crippen LogP contribution in [0.2, 0.25) is 0 Å². The van der Waals surface area contributed by atoms with E-state index in [0.717, 1.165) is 10.0 Å². The van der Waals surface area contributed by atoms with E-state index in [1.165, 1.54) is 0 Å². The Kier molecular flexibility index (Phi) is 4.85. The van der Waals surface area contributed by atoms with Crippen LogP contribution in [0.4, 0.5) is 0 Å². The van der Waals surface area contributed by atoms with Crippen molar-refractivity contribution in [2.45, 2.75) is 20.3 Å². The normalized spacial score (nSPS) is 18.2. The van der Waals surface area contributed by atoms with Crippen LogP contribution in [0.1, 0.15) is 25.8 Å². The van der Waals surface area contributed by atoms with Crippen LogP contribution in [-0.4, -0.2) is 23.2 Å². The molecule has 0 aromatic heterocycles. The zero-order valence-corrected chi connectivity index (χ0v) is 13.3. The monoisotopic (exact) mass is 350 g/mol. The fourth-order valence-electron chi connectivity index (χ4n) is 1.86. The van der Waals surface area contributed by atoms with Crippen LogP contribution in [-0.2, 0) is 9.59 Å². The second-order valence-electron chi connectivity index (χ2n) is 4.73. The molecule has 2 amide bonds. The molecule has 2 N–H and O–H groups in total. The topological polar surface area (TPSA) is 82.9 Å². The van der Waals surface area contributed by atoms with Crippen molar-refractivity contribution in [1.29, 1.82) is 0 Å². The van der Waals surface area contributed by atoms with Gasteiger partial charge in [0.2, 0.25) is 11.8 Å². The second kappa shape index (κ2) is 6.62. The lowest BCUT2D eigenvalue weighted by atomic mass is 10.0. The predicted molar refractivity (Wildman–Crippen MR) is 83.9 cm³/mol. The number of nitrogens with one attached hydrogen (secondary N) is 2. The first-order valence-corrected chi connectivity index (χ1v) is 7.20. The number of hydrogen-bond donors (Lipinski definition) is 2. The molecule has 1 aromatic rings. The summed E-state index contributed by atoms with van der Waals surface area (Å²) < 4.78 is 0.977. The first-order valence-electron chi connectivity index (χ1n) is 6.40. The van der Waals surface area contributed by atoms with Gasteiger partial charge in [-0.3, -0.25) is 9.59 Å². The molecule has 6 nitrogen and oxygen atoms in total. The lowest BCUT2D eigenvalue weighted by molar-refractivity contribution is -0.127. The Morgan fingerprint density at radius 1 is 1.43 bits per heavy atom. The smallest absolute Gasteiger partial charge is 0.249 e. The van der Waals surface area contributed by atoms with Gasteiger partial charge < -0.3 is 0 Å². The number of carbonyl (C=O) groups excluding carboxylic acids is 2. The van der Waals surface area contributed by atoms with Gasteiger partial charge >= 0.3 is 0 Å². The number of rotatable bonds is 4. The summed E-state index contributed by atoms with van der Waals surface area (Å²) in [7, 11) is 0. The molecule has 21 heavy (non-hydrogen) atoms.